The molecule has 0 spiro atoms. The Morgan fingerprint density at radius 2 is 2.15 bits per heavy atom. The Morgan fingerprint density at radius 3 is 2.80 bits per heavy atom. The molecule has 0 radical (unpaired) electrons. The molecule has 2 aromatic heterocycles. The van der Waals surface area contributed by atoms with Gasteiger partial charge >= 0.3 is 0 Å². The highest BCUT2D eigenvalue weighted by molar-refractivity contribution is 5.35. The molecule has 0 aliphatic rings. The van der Waals surface area contributed by atoms with E-state index in [0.717, 1.165) is 24.3 Å². The molecule has 2 rings (SSSR count). The molecule has 0 bridgehead atoms. The molecule has 6 heteroatoms. The first-order chi connectivity index (χ1) is 9.72. The molecule has 1 N–H and O–H groups in total. The van der Waals surface area contributed by atoms with E-state index >= 15 is 0 Å². The molecule has 20 heavy (non-hydrogen) atoms. The van der Waals surface area contributed by atoms with Crippen LogP contribution in [0.4, 0.5) is 5.82 Å². The van der Waals surface area contributed by atoms with Gasteiger partial charge in [-0.2, -0.15) is 0 Å². The predicted octanol–water partition coefficient (Wildman–Crippen LogP) is 1.52. The smallest absolute Gasteiger partial charge is 0.267 e. The van der Waals surface area contributed by atoms with Gasteiger partial charge in [0.25, 0.3) is 5.56 Å². The van der Waals surface area contributed by atoms with Crippen molar-refractivity contribution < 1.29 is 4.74 Å². The van der Waals surface area contributed by atoms with Crippen LogP contribution in [-0.4, -0.2) is 28.4 Å². The second-order valence-corrected chi connectivity index (χ2v) is 4.35. The Balaban J connectivity index is 2.11. The van der Waals surface area contributed by atoms with Gasteiger partial charge in [0, 0.05) is 24.9 Å². The summed E-state index contributed by atoms with van der Waals surface area (Å²) >= 11 is 0. The average Bonchev–Trinajstić information content (AvgIpc) is 2.49. The topological polar surface area (TPSA) is 69.0 Å². The summed E-state index contributed by atoms with van der Waals surface area (Å²) < 4.78 is 6.37. The van der Waals surface area contributed by atoms with Crippen molar-refractivity contribution in [1.29, 1.82) is 0 Å². The van der Waals surface area contributed by atoms with Crippen LogP contribution in [0.2, 0.25) is 0 Å². The van der Waals surface area contributed by atoms with Crippen molar-refractivity contribution in [1.82, 2.24) is 14.8 Å². The third kappa shape index (κ3) is 3.57. The summed E-state index contributed by atoms with van der Waals surface area (Å²) in [5.41, 5.74) is 0.744. The molecule has 0 amide bonds. The van der Waals surface area contributed by atoms with Gasteiger partial charge in [-0.05, 0) is 18.1 Å². The SMILES string of the molecule is CCCNc1ccc(Cn2nc(OC)ccc2=O)cn1. The number of hydrogen-bond acceptors (Lipinski definition) is 5. The highest BCUT2D eigenvalue weighted by Gasteiger charge is 2.02. The molecular weight excluding hydrogens is 256 g/mol. The van der Waals surface area contributed by atoms with Crippen molar-refractivity contribution in [3.63, 3.8) is 0 Å². The second-order valence-electron chi connectivity index (χ2n) is 4.35. The Morgan fingerprint density at radius 1 is 1.30 bits per heavy atom. The van der Waals surface area contributed by atoms with Crippen LogP contribution in [0.1, 0.15) is 18.9 Å². The molecule has 0 aliphatic heterocycles. The number of methoxy groups -OCH3 is 1. The van der Waals surface area contributed by atoms with Gasteiger partial charge in [-0.15, -0.1) is 5.10 Å². The third-order valence-electron chi connectivity index (χ3n) is 2.76. The normalized spacial score (nSPS) is 10.3. The largest absolute Gasteiger partial charge is 0.480 e. The molecule has 0 fully saturated rings. The number of aromatic nitrogens is 3. The fraction of sp³-hybridized carbons (Fsp3) is 0.357. The van der Waals surface area contributed by atoms with E-state index in [4.69, 9.17) is 4.74 Å². The lowest BCUT2D eigenvalue weighted by Crippen LogP contribution is -2.22. The van der Waals surface area contributed by atoms with Crippen molar-refractivity contribution in [2.75, 3.05) is 19.0 Å². The zero-order valence-corrected chi connectivity index (χ0v) is 11.7. The van der Waals surface area contributed by atoms with Gasteiger partial charge in [-0.1, -0.05) is 13.0 Å². The van der Waals surface area contributed by atoms with Crippen LogP contribution in [0.3, 0.4) is 0 Å². The number of nitrogens with zero attached hydrogens (tertiary/aromatic N) is 3. The van der Waals surface area contributed by atoms with E-state index in [9.17, 15) is 4.79 Å². The van der Waals surface area contributed by atoms with Crippen molar-refractivity contribution >= 4 is 5.82 Å². The number of rotatable bonds is 6. The average molecular weight is 274 g/mol. The molecule has 2 aromatic rings. The van der Waals surface area contributed by atoms with E-state index in [1.54, 1.807) is 12.3 Å². The standard InChI is InChI=1S/C14H18N4O2/c1-3-8-15-12-5-4-11(9-16-12)10-18-14(19)7-6-13(17-18)20-2/h4-7,9H,3,8,10H2,1-2H3,(H,15,16). The highest BCUT2D eigenvalue weighted by atomic mass is 16.5. The zero-order valence-electron chi connectivity index (χ0n) is 11.7. The van der Waals surface area contributed by atoms with Crippen LogP contribution in [0.25, 0.3) is 0 Å². The van der Waals surface area contributed by atoms with E-state index in [2.05, 4.69) is 22.3 Å². The van der Waals surface area contributed by atoms with E-state index < -0.39 is 0 Å². The van der Waals surface area contributed by atoms with Gasteiger partial charge in [-0.3, -0.25) is 4.79 Å². The van der Waals surface area contributed by atoms with Gasteiger partial charge < -0.3 is 10.1 Å². The molecule has 0 saturated carbocycles. The quantitative estimate of drug-likeness (QED) is 0.865. The first-order valence-electron chi connectivity index (χ1n) is 6.54. The number of pyridine rings is 1. The lowest BCUT2D eigenvalue weighted by atomic mass is 10.3. The van der Waals surface area contributed by atoms with Gasteiger partial charge in [0.2, 0.25) is 5.88 Å². The molecule has 106 valence electrons. The first-order valence-corrected chi connectivity index (χ1v) is 6.54. The molecule has 6 nitrogen and oxygen atoms in total. The van der Waals surface area contributed by atoms with Crippen molar-refractivity contribution in [3.8, 4) is 5.88 Å². The summed E-state index contributed by atoms with van der Waals surface area (Å²) in [6.07, 6.45) is 2.79. The predicted molar refractivity (Wildman–Crippen MR) is 77.2 cm³/mol. The van der Waals surface area contributed by atoms with E-state index in [0.29, 0.717) is 12.4 Å². The van der Waals surface area contributed by atoms with Crippen LogP contribution in [-0.2, 0) is 6.54 Å². The van der Waals surface area contributed by atoms with Crippen molar-refractivity contribution in [3.05, 3.63) is 46.4 Å². The van der Waals surface area contributed by atoms with Crippen LogP contribution in [0.5, 0.6) is 5.88 Å². The minimum Gasteiger partial charge on any atom is -0.480 e. The Bertz CT molecular complexity index is 607. The molecule has 0 saturated heterocycles. The fourth-order valence-electron chi connectivity index (χ4n) is 1.70. The van der Waals surface area contributed by atoms with Crippen molar-refractivity contribution in [2.24, 2.45) is 0 Å². The number of hydrogen-bond donors (Lipinski definition) is 1. The van der Waals surface area contributed by atoms with Gasteiger partial charge in [0.15, 0.2) is 0 Å². The van der Waals surface area contributed by atoms with Gasteiger partial charge in [0.1, 0.15) is 5.82 Å². The number of ether oxygens (including phenoxy) is 1. The fourth-order valence-corrected chi connectivity index (χ4v) is 1.70. The maximum Gasteiger partial charge on any atom is 0.267 e. The van der Waals surface area contributed by atoms with E-state index in [1.807, 2.05) is 12.1 Å². The lowest BCUT2D eigenvalue weighted by Gasteiger charge is -2.07. The maximum absolute atomic E-state index is 11.7. The van der Waals surface area contributed by atoms with E-state index in [1.165, 1.54) is 17.9 Å². The minimum absolute atomic E-state index is 0.168. The highest BCUT2D eigenvalue weighted by Crippen LogP contribution is 2.07. The Labute approximate surface area is 117 Å². The summed E-state index contributed by atoms with van der Waals surface area (Å²) in [5, 5.41) is 7.30. The number of anilines is 1. The summed E-state index contributed by atoms with van der Waals surface area (Å²) in [6, 6.07) is 6.82. The van der Waals surface area contributed by atoms with Crippen LogP contribution >= 0.6 is 0 Å². The van der Waals surface area contributed by atoms with Crippen LogP contribution < -0.4 is 15.6 Å². The molecule has 0 atom stereocenters. The summed E-state index contributed by atoms with van der Waals surface area (Å²) in [5.74, 6) is 1.25. The number of nitrogens with one attached hydrogen (secondary N) is 1. The van der Waals surface area contributed by atoms with Gasteiger partial charge in [-0.25, -0.2) is 9.67 Å². The molecule has 0 aromatic carbocycles. The molecule has 2 heterocycles. The minimum atomic E-state index is -0.168. The van der Waals surface area contributed by atoms with Crippen molar-refractivity contribution in [2.45, 2.75) is 19.9 Å². The van der Waals surface area contributed by atoms with Crippen LogP contribution in [0, 0.1) is 0 Å². The van der Waals surface area contributed by atoms with Crippen LogP contribution in [0.15, 0.2) is 35.3 Å². The Kier molecular flexibility index (Phi) is 4.70. The summed E-state index contributed by atoms with van der Waals surface area (Å²) in [4.78, 5) is 16.0. The van der Waals surface area contributed by atoms with E-state index in [-0.39, 0.29) is 5.56 Å². The second kappa shape index (κ2) is 6.70. The Hall–Kier alpha value is -2.37. The van der Waals surface area contributed by atoms with Gasteiger partial charge in [0.05, 0.1) is 13.7 Å². The third-order valence-corrected chi connectivity index (χ3v) is 2.76. The molecule has 0 unspecified atom stereocenters. The maximum atomic E-state index is 11.7. The zero-order chi connectivity index (χ0) is 14.4. The monoisotopic (exact) mass is 274 g/mol. The first kappa shape index (κ1) is 14.0. The lowest BCUT2D eigenvalue weighted by molar-refractivity contribution is 0.379. The summed E-state index contributed by atoms with van der Waals surface area (Å²) in [6.45, 7) is 3.36. The molecular formula is C14H18N4O2. The molecule has 0 aliphatic carbocycles. The summed E-state index contributed by atoms with van der Waals surface area (Å²) in [7, 11) is 1.52.